The first kappa shape index (κ1) is 25.9. The fourth-order valence-corrected chi connectivity index (χ4v) is 4.65. The normalized spacial score (nSPS) is 11.1. The van der Waals surface area contributed by atoms with Gasteiger partial charge in [0.25, 0.3) is 5.91 Å². The van der Waals surface area contributed by atoms with Gasteiger partial charge in [0.15, 0.2) is 0 Å². The van der Waals surface area contributed by atoms with Gasteiger partial charge in [0.2, 0.25) is 5.91 Å². The molecule has 1 heterocycles. The summed E-state index contributed by atoms with van der Waals surface area (Å²) in [5, 5.41) is 3.76. The lowest BCUT2D eigenvalue weighted by atomic mass is 10.1. The predicted octanol–water partition coefficient (Wildman–Crippen LogP) is 6.06. The summed E-state index contributed by atoms with van der Waals surface area (Å²) in [4.78, 5) is 40.3. The Balaban J connectivity index is 2.41. The van der Waals surface area contributed by atoms with Gasteiger partial charge in [-0.3, -0.25) is 9.59 Å². The second-order valence-corrected chi connectivity index (χ2v) is 8.98. The number of hydrogen-bond acceptors (Lipinski definition) is 5. The summed E-state index contributed by atoms with van der Waals surface area (Å²) >= 11 is 13.3. The maximum absolute atomic E-state index is 12.9. The Bertz CT molecular complexity index is 1020. The van der Waals surface area contributed by atoms with Crippen LogP contribution in [0.1, 0.15) is 58.9 Å². The monoisotopic (exact) mass is 496 g/mol. The summed E-state index contributed by atoms with van der Waals surface area (Å²) in [6, 6.07) is 5.04. The Hall–Kier alpha value is -2.35. The highest BCUT2D eigenvalue weighted by Gasteiger charge is 2.28. The lowest BCUT2D eigenvalue weighted by Gasteiger charge is -2.18. The predicted molar refractivity (Wildman–Crippen MR) is 131 cm³/mol. The van der Waals surface area contributed by atoms with Crippen molar-refractivity contribution in [3.05, 3.63) is 55.9 Å². The highest BCUT2D eigenvalue weighted by atomic mass is 35.5. The van der Waals surface area contributed by atoms with E-state index in [1.165, 1.54) is 12.2 Å². The molecule has 0 aliphatic carbocycles. The van der Waals surface area contributed by atoms with E-state index in [-0.39, 0.29) is 22.6 Å². The number of nitrogens with one attached hydrogen (secondary N) is 1. The molecule has 0 saturated heterocycles. The molecule has 0 aliphatic heterocycles. The van der Waals surface area contributed by atoms with Gasteiger partial charge in [-0.05, 0) is 58.4 Å². The van der Waals surface area contributed by atoms with Crippen LogP contribution in [-0.2, 0) is 9.53 Å². The Kier molecular flexibility index (Phi) is 9.31. The minimum atomic E-state index is -0.597. The van der Waals surface area contributed by atoms with Gasteiger partial charge in [-0.25, -0.2) is 4.79 Å². The van der Waals surface area contributed by atoms with Crippen LogP contribution in [0.25, 0.3) is 6.08 Å². The van der Waals surface area contributed by atoms with Crippen LogP contribution in [-0.4, -0.2) is 41.9 Å². The van der Waals surface area contributed by atoms with Crippen LogP contribution in [0.4, 0.5) is 5.00 Å². The molecule has 0 aliphatic rings. The van der Waals surface area contributed by atoms with Crippen LogP contribution in [0.2, 0.25) is 10.0 Å². The van der Waals surface area contributed by atoms with Crippen molar-refractivity contribution >= 4 is 63.4 Å². The van der Waals surface area contributed by atoms with Crippen molar-refractivity contribution < 1.29 is 19.1 Å². The Morgan fingerprint density at radius 3 is 2.28 bits per heavy atom. The standard InChI is InChI=1S/C23H26Cl2N2O4S/c1-6-27(7-2)22(29)20-14(5)19(23(30)31-13(3)4)21(32-20)26-18(28)12-11-15-16(24)9-8-10-17(15)25/h8-13H,6-7H2,1-5H3,(H,26,28)/b12-11-. The van der Waals surface area contributed by atoms with Crippen molar-refractivity contribution in [1.29, 1.82) is 0 Å². The van der Waals surface area contributed by atoms with Gasteiger partial charge in [-0.1, -0.05) is 29.3 Å². The lowest BCUT2D eigenvalue weighted by molar-refractivity contribution is -0.111. The van der Waals surface area contributed by atoms with Crippen LogP contribution in [0, 0.1) is 6.92 Å². The topological polar surface area (TPSA) is 75.7 Å². The molecule has 1 aromatic heterocycles. The third kappa shape index (κ3) is 6.12. The van der Waals surface area contributed by atoms with Gasteiger partial charge in [-0.15, -0.1) is 11.3 Å². The number of carbonyl (C=O) groups excluding carboxylic acids is 3. The summed E-state index contributed by atoms with van der Waals surface area (Å²) in [6.07, 6.45) is 2.41. The molecule has 2 amide bonds. The third-order valence-corrected chi connectivity index (χ3v) is 6.43. The number of amides is 2. The molecule has 2 rings (SSSR count). The van der Waals surface area contributed by atoms with E-state index >= 15 is 0 Å². The summed E-state index contributed by atoms with van der Waals surface area (Å²) in [5.74, 6) is -1.29. The fourth-order valence-electron chi connectivity index (χ4n) is 2.96. The number of ether oxygens (including phenoxy) is 1. The van der Waals surface area contributed by atoms with Gasteiger partial charge >= 0.3 is 5.97 Å². The summed E-state index contributed by atoms with van der Waals surface area (Å²) in [7, 11) is 0. The second kappa shape index (κ2) is 11.5. The molecule has 32 heavy (non-hydrogen) atoms. The number of esters is 1. The molecular weight excluding hydrogens is 471 g/mol. The molecule has 0 unspecified atom stereocenters. The zero-order chi connectivity index (χ0) is 24.0. The van der Waals surface area contributed by atoms with Gasteiger partial charge in [0, 0.05) is 34.8 Å². The van der Waals surface area contributed by atoms with Crippen molar-refractivity contribution in [2.75, 3.05) is 18.4 Å². The van der Waals surface area contributed by atoms with Crippen LogP contribution < -0.4 is 5.32 Å². The zero-order valence-corrected chi connectivity index (χ0v) is 21.0. The van der Waals surface area contributed by atoms with E-state index in [1.807, 2.05) is 13.8 Å². The van der Waals surface area contributed by atoms with Crippen molar-refractivity contribution in [2.24, 2.45) is 0 Å². The quantitative estimate of drug-likeness (QED) is 0.355. The molecular formula is C23H26Cl2N2O4S. The van der Waals surface area contributed by atoms with Crippen LogP contribution >= 0.6 is 34.5 Å². The van der Waals surface area contributed by atoms with E-state index in [0.29, 0.717) is 39.1 Å². The average Bonchev–Trinajstić information content (AvgIpc) is 3.03. The zero-order valence-electron chi connectivity index (χ0n) is 18.6. The van der Waals surface area contributed by atoms with Crippen molar-refractivity contribution in [2.45, 2.75) is 40.7 Å². The first-order chi connectivity index (χ1) is 15.1. The Morgan fingerprint density at radius 1 is 1.16 bits per heavy atom. The molecule has 2 aromatic rings. The minimum absolute atomic E-state index is 0.178. The highest BCUT2D eigenvalue weighted by Crippen LogP contribution is 2.35. The minimum Gasteiger partial charge on any atom is -0.459 e. The molecule has 9 heteroatoms. The Labute approximate surface area is 202 Å². The maximum Gasteiger partial charge on any atom is 0.341 e. The number of rotatable bonds is 8. The molecule has 172 valence electrons. The van der Waals surface area contributed by atoms with Crippen LogP contribution in [0.15, 0.2) is 24.3 Å². The Morgan fingerprint density at radius 2 is 1.75 bits per heavy atom. The number of hydrogen-bond donors (Lipinski definition) is 1. The van der Waals surface area contributed by atoms with Crippen LogP contribution in [0.3, 0.4) is 0 Å². The van der Waals surface area contributed by atoms with Crippen molar-refractivity contribution in [1.82, 2.24) is 4.90 Å². The van der Waals surface area contributed by atoms with E-state index in [9.17, 15) is 14.4 Å². The molecule has 0 saturated carbocycles. The largest absolute Gasteiger partial charge is 0.459 e. The molecule has 6 nitrogen and oxygen atoms in total. The van der Waals surface area contributed by atoms with Gasteiger partial charge < -0.3 is 15.0 Å². The first-order valence-electron chi connectivity index (χ1n) is 10.2. The molecule has 0 bridgehead atoms. The fraction of sp³-hybridized carbons (Fsp3) is 0.348. The van der Waals surface area contributed by atoms with E-state index in [0.717, 1.165) is 11.3 Å². The average molecular weight is 497 g/mol. The van der Waals surface area contributed by atoms with Gasteiger partial charge in [0.05, 0.1) is 16.5 Å². The highest BCUT2D eigenvalue weighted by molar-refractivity contribution is 7.18. The summed E-state index contributed by atoms with van der Waals surface area (Å²) in [6.45, 7) is 9.96. The third-order valence-electron chi connectivity index (χ3n) is 4.58. The van der Waals surface area contributed by atoms with E-state index in [4.69, 9.17) is 27.9 Å². The van der Waals surface area contributed by atoms with Gasteiger partial charge in [0.1, 0.15) is 5.00 Å². The SMILES string of the molecule is CCN(CC)C(=O)c1sc(NC(=O)/C=C\c2c(Cl)cccc2Cl)c(C(=O)OC(C)C)c1C. The molecule has 0 spiro atoms. The molecule has 1 N–H and O–H groups in total. The molecule has 0 fully saturated rings. The number of carbonyl (C=O) groups is 3. The number of anilines is 1. The van der Waals surface area contributed by atoms with Crippen LogP contribution in [0.5, 0.6) is 0 Å². The van der Waals surface area contributed by atoms with Crippen molar-refractivity contribution in [3.8, 4) is 0 Å². The summed E-state index contributed by atoms with van der Waals surface area (Å²) in [5.41, 5.74) is 1.16. The number of benzene rings is 1. The van der Waals surface area contributed by atoms with E-state index in [2.05, 4.69) is 5.32 Å². The molecule has 0 radical (unpaired) electrons. The number of nitrogens with zero attached hydrogens (tertiary/aromatic N) is 1. The first-order valence-corrected chi connectivity index (χ1v) is 11.7. The van der Waals surface area contributed by atoms with Crippen molar-refractivity contribution in [3.63, 3.8) is 0 Å². The lowest BCUT2D eigenvalue weighted by Crippen LogP contribution is -2.30. The number of halogens is 2. The maximum atomic E-state index is 12.9. The molecule has 1 aromatic carbocycles. The second-order valence-electron chi connectivity index (χ2n) is 7.15. The number of thiophene rings is 1. The summed E-state index contributed by atoms with van der Waals surface area (Å²) < 4.78 is 5.34. The van der Waals surface area contributed by atoms with E-state index in [1.54, 1.807) is 43.9 Å². The smallest absolute Gasteiger partial charge is 0.341 e. The van der Waals surface area contributed by atoms with E-state index < -0.39 is 11.9 Å². The molecule has 0 atom stereocenters. The van der Waals surface area contributed by atoms with Gasteiger partial charge in [-0.2, -0.15) is 0 Å².